The monoisotopic (exact) mass is 337 g/mol. The van der Waals surface area contributed by atoms with Gasteiger partial charge in [0.2, 0.25) is 0 Å². The molecular weight excluding hydrogens is 322 g/mol. The summed E-state index contributed by atoms with van der Waals surface area (Å²) >= 11 is 7.56. The number of aromatic hydroxyl groups is 1. The lowest BCUT2D eigenvalue weighted by molar-refractivity contribution is 0.240. The predicted molar refractivity (Wildman–Crippen MR) is 87.6 cm³/mol. The Balaban J connectivity index is 1.83. The minimum atomic E-state index is -0.0685. The van der Waals surface area contributed by atoms with Crippen LogP contribution in [-0.2, 0) is 19.5 Å². The molecule has 0 atom stereocenters. The van der Waals surface area contributed by atoms with Crippen LogP contribution in [0.25, 0.3) is 0 Å². The van der Waals surface area contributed by atoms with E-state index in [9.17, 15) is 9.90 Å². The average molecular weight is 338 g/mol. The van der Waals surface area contributed by atoms with Gasteiger partial charge in [-0.2, -0.15) is 0 Å². The maximum absolute atomic E-state index is 12.2. The first-order valence-corrected chi connectivity index (χ1v) is 8.53. The van der Waals surface area contributed by atoms with E-state index in [0.29, 0.717) is 23.3 Å². The number of aromatic nitrogens is 2. The van der Waals surface area contributed by atoms with E-state index in [1.165, 1.54) is 11.8 Å². The van der Waals surface area contributed by atoms with Crippen LogP contribution in [0.4, 0.5) is 0 Å². The maximum Gasteiger partial charge on any atom is 0.256 e. The van der Waals surface area contributed by atoms with Gasteiger partial charge in [-0.05, 0) is 17.9 Å². The third kappa shape index (κ3) is 2.99. The number of thioether (sulfide) groups is 1. The van der Waals surface area contributed by atoms with Crippen molar-refractivity contribution >= 4 is 23.4 Å². The molecule has 0 amide bonds. The largest absolute Gasteiger partial charge is 0.506 e. The number of phenolic OH excluding ortho intramolecular Hbond substituents is 1. The molecule has 0 fully saturated rings. The number of fused-ring (bicyclic) bond motifs is 1. The molecule has 0 radical (unpaired) electrons. The van der Waals surface area contributed by atoms with Crippen LogP contribution in [0, 0.1) is 0 Å². The molecule has 2 heterocycles. The van der Waals surface area contributed by atoms with E-state index in [1.807, 2.05) is 12.3 Å². The second-order valence-corrected chi connectivity index (χ2v) is 6.38. The summed E-state index contributed by atoms with van der Waals surface area (Å²) in [7, 11) is 0. The van der Waals surface area contributed by atoms with Crippen molar-refractivity contribution in [2.24, 2.45) is 0 Å². The van der Waals surface area contributed by atoms with Crippen LogP contribution in [0.3, 0.4) is 0 Å². The van der Waals surface area contributed by atoms with Crippen molar-refractivity contribution in [3.05, 3.63) is 50.4 Å². The Morgan fingerprint density at radius 1 is 1.50 bits per heavy atom. The van der Waals surface area contributed by atoms with Crippen LogP contribution in [0.5, 0.6) is 5.75 Å². The van der Waals surface area contributed by atoms with E-state index >= 15 is 0 Å². The van der Waals surface area contributed by atoms with Crippen molar-refractivity contribution in [3.8, 4) is 5.75 Å². The van der Waals surface area contributed by atoms with Crippen molar-refractivity contribution in [2.75, 3.05) is 12.8 Å². The summed E-state index contributed by atoms with van der Waals surface area (Å²) < 4.78 is 0. The molecular formula is C15H16ClN3O2S. The summed E-state index contributed by atoms with van der Waals surface area (Å²) in [6.07, 6.45) is 2.63. The van der Waals surface area contributed by atoms with Crippen LogP contribution < -0.4 is 5.56 Å². The Bertz CT molecular complexity index is 763. The first kappa shape index (κ1) is 15.4. The molecule has 0 aliphatic carbocycles. The van der Waals surface area contributed by atoms with Crippen molar-refractivity contribution in [1.82, 2.24) is 14.9 Å². The molecule has 116 valence electrons. The summed E-state index contributed by atoms with van der Waals surface area (Å²) in [4.78, 5) is 21.6. The quantitative estimate of drug-likeness (QED) is 0.665. The van der Waals surface area contributed by atoms with Crippen LogP contribution in [0.1, 0.15) is 16.8 Å². The van der Waals surface area contributed by atoms with E-state index in [-0.39, 0.29) is 11.3 Å². The minimum absolute atomic E-state index is 0.0685. The predicted octanol–water partition coefficient (Wildman–Crippen LogP) is 2.41. The second kappa shape index (κ2) is 6.32. The fraction of sp³-hybridized carbons (Fsp3) is 0.333. The molecule has 2 aromatic rings. The number of hydrogen-bond donors (Lipinski definition) is 2. The molecule has 3 rings (SSSR count). The zero-order valence-electron chi connectivity index (χ0n) is 12.1. The zero-order valence-corrected chi connectivity index (χ0v) is 13.7. The summed E-state index contributed by atoms with van der Waals surface area (Å²) in [6.45, 7) is 1.94. The fourth-order valence-electron chi connectivity index (χ4n) is 2.62. The lowest BCUT2D eigenvalue weighted by Gasteiger charge is -2.28. The smallest absolute Gasteiger partial charge is 0.256 e. The molecule has 7 heteroatoms. The Labute approximate surface area is 137 Å². The normalized spacial score (nSPS) is 14.8. The Morgan fingerprint density at radius 2 is 2.32 bits per heavy atom. The van der Waals surface area contributed by atoms with Crippen molar-refractivity contribution < 1.29 is 5.11 Å². The van der Waals surface area contributed by atoms with Gasteiger partial charge in [0.15, 0.2) is 5.16 Å². The van der Waals surface area contributed by atoms with Crippen LogP contribution >= 0.6 is 23.4 Å². The van der Waals surface area contributed by atoms with Gasteiger partial charge >= 0.3 is 0 Å². The Kier molecular flexibility index (Phi) is 4.42. The zero-order chi connectivity index (χ0) is 15.7. The van der Waals surface area contributed by atoms with Gasteiger partial charge in [0.05, 0.1) is 16.3 Å². The molecule has 1 aromatic carbocycles. The number of H-pyrrole nitrogens is 1. The number of nitrogens with zero attached hydrogens (tertiary/aromatic N) is 2. The van der Waals surface area contributed by atoms with E-state index in [4.69, 9.17) is 11.6 Å². The van der Waals surface area contributed by atoms with Gasteiger partial charge in [0.25, 0.3) is 5.56 Å². The SMILES string of the molecule is CSc1nc2c(c(=O)[nH]1)CN(Cc1cccc(O)c1Cl)CC2. The van der Waals surface area contributed by atoms with Crippen LogP contribution in [0.15, 0.2) is 28.2 Å². The number of phenols is 1. The Morgan fingerprint density at radius 3 is 3.09 bits per heavy atom. The molecule has 1 aliphatic heterocycles. The Hall–Kier alpha value is -1.50. The highest BCUT2D eigenvalue weighted by Crippen LogP contribution is 2.28. The van der Waals surface area contributed by atoms with Crippen LogP contribution in [0.2, 0.25) is 5.02 Å². The molecule has 1 aliphatic rings. The molecule has 5 nitrogen and oxygen atoms in total. The molecule has 0 spiro atoms. The van der Waals surface area contributed by atoms with Crippen LogP contribution in [-0.4, -0.2) is 32.8 Å². The van der Waals surface area contributed by atoms with E-state index in [0.717, 1.165) is 29.8 Å². The van der Waals surface area contributed by atoms with E-state index in [2.05, 4.69) is 14.9 Å². The maximum atomic E-state index is 12.2. The number of benzene rings is 1. The third-order valence-electron chi connectivity index (χ3n) is 3.77. The van der Waals surface area contributed by atoms with Gasteiger partial charge in [-0.1, -0.05) is 35.5 Å². The lowest BCUT2D eigenvalue weighted by atomic mass is 10.1. The standard InChI is InChI=1S/C15H16ClN3O2S/c1-22-15-17-11-5-6-19(8-10(11)14(21)18-15)7-9-3-2-4-12(20)13(9)16/h2-4,20H,5-8H2,1H3,(H,17,18,21). The first-order chi connectivity index (χ1) is 10.6. The molecule has 0 saturated heterocycles. The summed E-state index contributed by atoms with van der Waals surface area (Å²) in [5, 5.41) is 10.7. The summed E-state index contributed by atoms with van der Waals surface area (Å²) in [5.41, 5.74) is 2.39. The molecule has 2 N–H and O–H groups in total. The lowest BCUT2D eigenvalue weighted by Crippen LogP contribution is -2.35. The fourth-order valence-corrected chi connectivity index (χ4v) is 3.20. The highest BCUT2D eigenvalue weighted by atomic mass is 35.5. The molecule has 0 bridgehead atoms. The van der Waals surface area contributed by atoms with Gasteiger partial charge < -0.3 is 10.1 Å². The van der Waals surface area contributed by atoms with Crippen molar-refractivity contribution in [1.29, 1.82) is 0 Å². The minimum Gasteiger partial charge on any atom is -0.506 e. The average Bonchev–Trinajstić information content (AvgIpc) is 2.52. The third-order valence-corrected chi connectivity index (χ3v) is 4.79. The number of halogens is 1. The van der Waals surface area contributed by atoms with Gasteiger partial charge in [0, 0.05) is 26.1 Å². The van der Waals surface area contributed by atoms with Crippen molar-refractivity contribution in [3.63, 3.8) is 0 Å². The number of nitrogens with one attached hydrogen (secondary N) is 1. The molecule has 1 aromatic heterocycles. The number of rotatable bonds is 3. The van der Waals surface area contributed by atoms with E-state index < -0.39 is 0 Å². The van der Waals surface area contributed by atoms with Crippen molar-refractivity contribution in [2.45, 2.75) is 24.7 Å². The van der Waals surface area contributed by atoms with Gasteiger partial charge in [0.1, 0.15) is 5.75 Å². The van der Waals surface area contributed by atoms with E-state index in [1.54, 1.807) is 12.1 Å². The van der Waals surface area contributed by atoms with Gasteiger partial charge in [-0.3, -0.25) is 9.69 Å². The topological polar surface area (TPSA) is 69.2 Å². The second-order valence-electron chi connectivity index (χ2n) is 5.21. The first-order valence-electron chi connectivity index (χ1n) is 6.93. The summed E-state index contributed by atoms with van der Waals surface area (Å²) in [6, 6.07) is 5.22. The van der Waals surface area contributed by atoms with Gasteiger partial charge in [-0.25, -0.2) is 4.98 Å². The molecule has 0 saturated carbocycles. The molecule has 0 unspecified atom stereocenters. The number of hydrogen-bond acceptors (Lipinski definition) is 5. The highest BCUT2D eigenvalue weighted by molar-refractivity contribution is 7.98. The highest BCUT2D eigenvalue weighted by Gasteiger charge is 2.22. The molecule has 22 heavy (non-hydrogen) atoms. The number of aromatic amines is 1. The van der Waals surface area contributed by atoms with Gasteiger partial charge in [-0.15, -0.1) is 0 Å². The summed E-state index contributed by atoms with van der Waals surface area (Å²) in [5.74, 6) is 0.0840.